The molecule has 0 aliphatic rings. The summed E-state index contributed by atoms with van der Waals surface area (Å²) in [4.78, 5) is 12.7. The Morgan fingerprint density at radius 1 is 1.41 bits per heavy atom. The van der Waals surface area contributed by atoms with Crippen LogP contribution in [0.15, 0.2) is 22.7 Å². The second-order valence-corrected chi connectivity index (χ2v) is 5.75. The molecule has 0 aliphatic heterocycles. The van der Waals surface area contributed by atoms with E-state index in [2.05, 4.69) is 15.9 Å². The number of ether oxygens (including phenoxy) is 1. The predicted octanol–water partition coefficient (Wildman–Crippen LogP) is 4.66. The van der Waals surface area contributed by atoms with Crippen LogP contribution in [0.2, 0.25) is 0 Å². The maximum Gasteiger partial charge on any atom is 0.172 e. The molecule has 2 nitrogen and oxygen atoms in total. The van der Waals surface area contributed by atoms with Crippen molar-refractivity contribution in [2.24, 2.45) is 0 Å². The van der Waals surface area contributed by atoms with Crippen molar-refractivity contribution in [3.63, 3.8) is 0 Å². The molecule has 0 amide bonds. The maximum absolute atomic E-state index is 11.8. The lowest BCUT2D eigenvalue weighted by Crippen LogP contribution is -1.93. The molecular formula is C13H13BrO2S. The number of halogens is 1. The molecule has 0 saturated heterocycles. The number of carbonyl (C=O) groups excluding carboxylic acids is 1. The summed E-state index contributed by atoms with van der Waals surface area (Å²) in [6, 6.07) is 5.91. The largest absolute Gasteiger partial charge is 0.496 e. The van der Waals surface area contributed by atoms with Crippen LogP contribution in [-0.2, 0) is 0 Å². The number of benzene rings is 1. The smallest absolute Gasteiger partial charge is 0.172 e. The van der Waals surface area contributed by atoms with Gasteiger partial charge in [-0.2, -0.15) is 0 Å². The Bertz CT molecular complexity index is 560. The summed E-state index contributed by atoms with van der Waals surface area (Å²) in [6.07, 6.45) is 1.51. The normalized spacial score (nSPS) is 10.8. The van der Waals surface area contributed by atoms with Crippen LogP contribution >= 0.6 is 27.3 Å². The Balaban J connectivity index is 2.47. The Labute approximate surface area is 113 Å². The Morgan fingerprint density at radius 3 is 2.82 bits per heavy atom. The number of ketones is 1. The summed E-state index contributed by atoms with van der Waals surface area (Å²) < 4.78 is 7.27. The number of fused-ring (bicyclic) bond motifs is 1. The van der Waals surface area contributed by atoms with E-state index in [0.29, 0.717) is 6.42 Å². The topological polar surface area (TPSA) is 26.3 Å². The Morgan fingerprint density at radius 2 is 2.18 bits per heavy atom. The van der Waals surface area contributed by atoms with Gasteiger partial charge in [-0.25, -0.2) is 0 Å². The average molecular weight is 313 g/mol. The molecule has 17 heavy (non-hydrogen) atoms. The lowest BCUT2D eigenvalue weighted by molar-refractivity contribution is 0.0985. The molecule has 0 radical (unpaired) electrons. The first-order valence-corrected chi connectivity index (χ1v) is 7.07. The molecule has 0 N–H and O–H groups in total. The lowest BCUT2D eigenvalue weighted by Gasteiger charge is -2.01. The highest BCUT2D eigenvalue weighted by Crippen LogP contribution is 2.35. The molecule has 0 fully saturated rings. The molecule has 1 aromatic carbocycles. The van der Waals surface area contributed by atoms with E-state index in [-0.39, 0.29) is 5.78 Å². The van der Waals surface area contributed by atoms with Gasteiger partial charge in [-0.3, -0.25) is 4.79 Å². The van der Waals surface area contributed by atoms with Crippen molar-refractivity contribution < 1.29 is 9.53 Å². The molecule has 0 atom stereocenters. The summed E-state index contributed by atoms with van der Waals surface area (Å²) in [5.74, 6) is 1.02. The molecule has 0 aliphatic carbocycles. The molecule has 1 heterocycles. The molecular weight excluding hydrogens is 300 g/mol. The minimum Gasteiger partial charge on any atom is -0.496 e. The first-order chi connectivity index (χ1) is 8.15. The SMILES string of the molecule is CCCC(=O)c1cc2cc(OC)c(Br)cc2s1. The van der Waals surface area contributed by atoms with Crippen LogP contribution in [0, 0.1) is 0 Å². The van der Waals surface area contributed by atoms with Gasteiger partial charge in [-0.05, 0) is 45.9 Å². The zero-order valence-electron chi connectivity index (χ0n) is 9.75. The van der Waals surface area contributed by atoms with Crippen LogP contribution in [0.1, 0.15) is 29.4 Å². The summed E-state index contributed by atoms with van der Waals surface area (Å²) in [5, 5.41) is 1.06. The highest BCUT2D eigenvalue weighted by Gasteiger charge is 2.11. The highest BCUT2D eigenvalue weighted by atomic mass is 79.9. The van der Waals surface area contributed by atoms with Gasteiger partial charge in [0.1, 0.15) is 5.75 Å². The zero-order chi connectivity index (χ0) is 12.4. The van der Waals surface area contributed by atoms with Crippen LogP contribution in [0.5, 0.6) is 5.75 Å². The Hall–Kier alpha value is -0.870. The number of hydrogen-bond acceptors (Lipinski definition) is 3. The molecule has 0 unspecified atom stereocenters. The molecule has 4 heteroatoms. The third-order valence-corrected chi connectivity index (χ3v) is 4.30. The molecule has 0 bridgehead atoms. The van der Waals surface area contributed by atoms with Crippen LogP contribution in [0.3, 0.4) is 0 Å². The van der Waals surface area contributed by atoms with Gasteiger partial charge in [0.05, 0.1) is 16.5 Å². The van der Waals surface area contributed by atoms with Crippen molar-refractivity contribution in [1.82, 2.24) is 0 Å². The van der Waals surface area contributed by atoms with Gasteiger partial charge in [-0.1, -0.05) is 6.92 Å². The van der Waals surface area contributed by atoms with Gasteiger partial charge < -0.3 is 4.74 Å². The van der Waals surface area contributed by atoms with E-state index in [1.165, 1.54) is 0 Å². The molecule has 90 valence electrons. The minimum atomic E-state index is 0.226. The van der Waals surface area contributed by atoms with Crippen LogP contribution < -0.4 is 4.74 Å². The first kappa shape index (κ1) is 12.6. The first-order valence-electron chi connectivity index (χ1n) is 5.46. The van der Waals surface area contributed by atoms with E-state index >= 15 is 0 Å². The fourth-order valence-electron chi connectivity index (χ4n) is 1.69. The average Bonchev–Trinajstić information content (AvgIpc) is 2.71. The number of hydrogen-bond donors (Lipinski definition) is 0. The number of Topliss-reactive ketones (excluding diaryl/α,β-unsaturated/α-hetero) is 1. The van der Waals surface area contributed by atoms with E-state index < -0.39 is 0 Å². The maximum atomic E-state index is 11.8. The van der Waals surface area contributed by atoms with Crippen molar-refractivity contribution in [2.45, 2.75) is 19.8 Å². The fourth-order valence-corrected chi connectivity index (χ4v) is 3.39. The molecule has 0 saturated carbocycles. The third kappa shape index (κ3) is 2.53. The van der Waals surface area contributed by atoms with E-state index in [9.17, 15) is 4.79 Å². The van der Waals surface area contributed by atoms with Crippen molar-refractivity contribution in [2.75, 3.05) is 7.11 Å². The molecule has 2 rings (SSSR count). The van der Waals surface area contributed by atoms with Gasteiger partial charge in [0.2, 0.25) is 0 Å². The third-order valence-electron chi connectivity index (χ3n) is 2.54. The van der Waals surface area contributed by atoms with Gasteiger partial charge in [-0.15, -0.1) is 11.3 Å². The van der Waals surface area contributed by atoms with Crippen molar-refractivity contribution >= 4 is 43.1 Å². The van der Waals surface area contributed by atoms with Gasteiger partial charge >= 0.3 is 0 Å². The number of methoxy groups -OCH3 is 1. The number of carbonyl (C=O) groups is 1. The Kier molecular flexibility index (Phi) is 3.84. The van der Waals surface area contributed by atoms with Crippen LogP contribution in [0.4, 0.5) is 0 Å². The molecule has 2 aromatic rings. The van der Waals surface area contributed by atoms with Crippen LogP contribution in [-0.4, -0.2) is 12.9 Å². The van der Waals surface area contributed by atoms with Gasteiger partial charge in [0.25, 0.3) is 0 Å². The lowest BCUT2D eigenvalue weighted by atomic mass is 10.2. The van der Waals surface area contributed by atoms with Gasteiger partial charge in [0.15, 0.2) is 5.78 Å². The minimum absolute atomic E-state index is 0.226. The van der Waals surface area contributed by atoms with E-state index in [1.54, 1.807) is 18.4 Å². The van der Waals surface area contributed by atoms with Crippen molar-refractivity contribution in [1.29, 1.82) is 0 Å². The standard InChI is InChI=1S/C13H13BrO2S/c1-3-4-10(15)13-6-8-5-11(16-2)9(14)7-12(8)17-13/h5-7H,3-4H2,1-2H3. The van der Waals surface area contributed by atoms with Crippen LogP contribution in [0.25, 0.3) is 10.1 Å². The summed E-state index contributed by atoms with van der Waals surface area (Å²) in [5.41, 5.74) is 0. The fraction of sp³-hybridized carbons (Fsp3) is 0.308. The molecule has 1 aromatic heterocycles. The van der Waals surface area contributed by atoms with Crippen molar-refractivity contribution in [3.05, 3.63) is 27.5 Å². The second kappa shape index (κ2) is 5.19. The van der Waals surface area contributed by atoms with Crippen molar-refractivity contribution in [3.8, 4) is 5.75 Å². The van der Waals surface area contributed by atoms with E-state index in [4.69, 9.17) is 4.74 Å². The summed E-state index contributed by atoms with van der Waals surface area (Å²) >= 11 is 4.99. The van der Waals surface area contributed by atoms with E-state index in [0.717, 1.165) is 31.6 Å². The second-order valence-electron chi connectivity index (χ2n) is 3.81. The summed E-state index contributed by atoms with van der Waals surface area (Å²) in [7, 11) is 1.64. The van der Waals surface area contributed by atoms with Gasteiger partial charge in [0, 0.05) is 11.1 Å². The quantitative estimate of drug-likeness (QED) is 0.768. The number of rotatable bonds is 4. The summed E-state index contributed by atoms with van der Waals surface area (Å²) in [6.45, 7) is 2.02. The number of thiophene rings is 1. The zero-order valence-corrected chi connectivity index (χ0v) is 12.2. The molecule has 0 spiro atoms. The monoisotopic (exact) mass is 312 g/mol. The van der Waals surface area contributed by atoms with E-state index in [1.807, 2.05) is 25.1 Å². The highest BCUT2D eigenvalue weighted by molar-refractivity contribution is 9.10. The predicted molar refractivity (Wildman–Crippen MR) is 75.3 cm³/mol.